The molecule has 0 radical (unpaired) electrons. The molecule has 0 aliphatic rings. The molecule has 72 valence electrons. The van der Waals surface area contributed by atoms with Crippen LogP contribution in [0.4, 0.5) is 0 Å². The standard InChI is InChI=1S/C11H23N/c1-7-10(12(6)9-3)11(4,5)8-2/h7H,8-9H2,1-6H3/b10-7-. The molecule has 0 rings (SSSR count). The Bertz CT molecular complexity index is 156. The van der Waals surface area contributed by atoms with Crippen molar-refractivity contribution in [3.63, 3.8) is 0 Å². The highest BCUT2D eigenvalue weighted by Crippen LogP contribution is 2.31. The summed E-state index contributed by atoms with van der Waals surface area (Å²) >= 11 is 0. The molecule has 0 atom stereocenters. The summed E-state index contributed by atoms with van der Waals surface area (Å²) in [4.78, 5) is 2.32. The van der Waals surface area contributed by atoms with Crippen molar-refractivity contribution in [3.8, 4) is 0 Å². The van der Waals surface area contributed by atoms with Gasteiger partial charge in [0, 0.05) is 24.7 Å². The highest BCUT2D eigenvalue weighted by Gasteiger charge is 2.22. The third-order valence-electron chi connectivity index (χ3n) is 2.74. The Kier molecular flexibility index (Phi) is 4.36. The summed E-state index contributed by atoms with van der Waals surface area (Å²) in [6.07, 6.45) is 3.42. The predicted molar refractivity (Wildman–Crippen MR) is 56.1 cm³/mol. The van der Waals surface area contributed by atoms with Crippen LogP contribution in [0.1, 0.15) is 41.0 Å². The number of allylic oxidation sites excluding steroid dienone is 2. The molecule has 0 spiro atoms. The minimum absolute atomic E-state index is 0.319. The monoisotopic (exact) mass is 169 g/mol. The molecular formula is C11H23N. The molecule has 0 aliphatic carbocycles. The number of hydrogen-bond donors (Lipinski definition) is 0. The summed E-state index contributed by atoms with van der Waals surface area (Å²) in [7, 11) is 2.16. The van der Waals surface area contributed by atoms with Crippen molar-refractivity contribution in [3.05, 3.63) is 11.8 Å². The van der Waals surface area contributed by atoms with Gasteiger partial charge >= 0.3 is 0 Å². The van der Waals surface area contributed by atoms with Crippen LogP contribution in [-0.4, -0.2) is 18.5 Å². The predicted octanol–water partition coefficient (Wildman–Crippen LogP) is 3.28. The number of nitrogens with zero attached hydrogens (tertiary/aromatic N) is 1. The third kappa shape index (κ3) is 2.54. The van der Waals surface area contributed by atoms with Gasteiger partial charge in [0.25, 0.3) is 0 Å². The Morgan fingerprint density at radius 2 is 1.83 bits per heavy atom. The van der Waals surface area contributed by atoms with Crippen LogP contribution in [0.2, 0.25) is 0 Å². The number of rotatable bonds is 4. The van der Waals surface area contributed by atoms with E-state index in [9.17, 15) is 0 Å². The minimum atomic E-state index is 0.319. The van der Waals surface area contributed by atoms with Crippen LogP contribution in [0.15, 0.2) is 11.8 Å². The zero-order chi connectivity index (χ0) is 9.78. The van der Waals surface area contributed by atoms with Crippen molar-refractivity contribution >= 4 is 0 Å². The average molecular weight is 169 g/mol. The van der Waals surface area contributed by atoms with Gasteiger partial charge in [0.2, 0.25) is 0 Å². The molecule has 0 saturated heterocycles. The largest absolute Gasteiger partial charge is 0.378 e. The first-order chi connectivity index (χ1) is 5.49. The first-order valence-electron chi connectivity index (χ1n) is 4.87. The third-order valence-corrected chi connectivity index (χ3v) is 2.74. The van der Waals surface area contributed by atoms with E-state index in [0.29, 0.717) is 5.41 Å². The lowest BCUT2D eigenvalue weighted by atomic mass is 9.85. The Balaban J connectivity index is 4.57. The van der Waals surface area contributed by atoms with E-state index in [1.165, 1.54) is 12.1 Å². The van der Waals surface area contributed by atoms with E-state index in [-0.39, 0.29) is 0 Å². The van der Waals surface area contributed by atoms with Crippen LogP contribution in [-0.2, 0) is 0 Å². The van der Waals surface area contributed by atoms with Crippen LogP contribution < -0.4 is 0 Å². The van der Waals surface area contributed by atoms with Gasteiger partial charge in [-0.05, 0) is 20.3 Å². The molecule has 0 aromatic rings. The van der Waals surface area contributed by atoms with E-state index in [1.54, 1.807) is 0 Å². The second-order valence-corrected chi connectivity index (χ2v) is 3.93. The lowest BCUT2D eigenvalue weighted by Gasteiger charge is -2.33. The van der Waals surface area contributed by atoms with E-state index in [0.717, 1.165) is 6.54 Å². The van der Waals surface area contributed by atoms with E-state index in [1.807, 2.05) is 0 Å². The van der Waals surface area contributed by atoms with Crippen LogP contribution in [0, 0.1) is 5.41 Å². The quantitative estimate of drug-likeness (QED) is 0.624. The molecule has 1 nitrogen and oxygen atoms in total. The Labute approximate surface area is 77.5 Å². The molecule has 0 bridgehead atoms. The van der Waals surface area contributed by atoms with E-state index in [4.69, 9.17) is 0 Å². The highest BCUT2D eigenvalue weighted by molar-refractivity contribution is 5.08. The van der Waals surface area contributed by atoms with Gasteiger partial charge < -0.3 is 4.90 Å². The van der Waals surface area contributed by atoms with Gasteiger partial charge in [-0.2, -0.15) is 0 Å². The van der Waals surface area contributed by atoms with Crippen molar-refractivity contribution in [1.29, 1.82) is 0 Å². The maximum absolute atomic E-state index is 2.32. The summed E-state index contributed by atoms with van der Waals surface area (Å²) in [6.45, 7) is 12.2. The topological polar surface area (TPSA) is 3.24 Å². The highest BCUT2D eigenvalue weighted by atomic mass is 15.1. The van der Waals surface area contributed by atoms with E-state index >= 15 is 0 Å². The molecule has 0 saturated carbocycles. The molecule has 0 unspecified atom stereocenters. The zero-order valence-corrected chi connectivity index (χ0v) is 9.44. The zero-order valence-electron chi connectivity index (χ0n) is 9.44. The Morgan fingerprint density at radius 3 is 2.08 bits per heavy atom. The van der Waals surface area contributed by atoms with E-state index < -0.39 is 0 Å². The molecule has 0 heterocycles. The molecule has 0 N–H and O–H groups in total. The molecule has 0 aromatic carbocycles. The normalized spacial score (nSPS) is 13.3. The molecule has 0 fully saturated rings. The first-order valence-corrected chi connectivity index (χ1v) is 4.87. The first kappa shape index (κ1) is 11.5. The van der Waals surface area contributed by atoms with Crippen molar-refractivity contribution in [2.75, 3.05) is 13.6 Å². The molecular weight excluding hydrogens is 146 g/mol. The fourth-order valence-corrected chi connectivity index (χ4v) is 1.48. The molecule has 12 heavy (non-hydrogen) atoms. The summed E-state index contributed by atoms with van der Waals surface area (Å²) in [5.41, 5.74) is 1.77. The maximum atomic E-state index is 2.32. The Morgan fingerprint density at radius 1 is 1.33 bits per heavy atom. The second-order valence-electron chi connectivity index (χ2n) is 3.93. The Hall–Kier alpha value is -0.460. The molecule has 0 aromatic heterocycles. The SMILES string of the molecule is C/C=C(\N(C)CC)C(C)(C)CC. The van der Waals surface area contributed by atoms with Crippen LogP contribution in [0.5, 0.6) is 0 Å². The lowest BCUT2D eigenvalue weighted by molar-refractivity contribution is 0.292. The smallest absolute Gasteiger partial charge is 0.0144 e. The second kappa shape index (κ2) is 4.54. The number of hydrogen-bond acceptors (Lipinski definition) is 1. The summed E-state index contributed by atoms with van der Waals surface area (Å²) < 4.78 is 0. The molecule has 0 amide bonds. The maximum Gasteiger partial charge on any atom is 0.0144 e. The average Bonchev–Trinajstić information content (AvgIpc) is 2.05. The summed E-state index contributed by atoms with van der Waals surface area (Å²) in [5.74, 6) is 0. The van der Waals surface area contributed by atoms with Gasteiger partial charge in [-0.15, -0.1) is 0 Å². The van der Waals surface area contributed by atoms with E-state index in [2.05, 4.69) is 52.6 Å². The fraction of sp³-hybridized carbons (Fsp3) is 0.818. The van der Waals surface area contributed by atoms with Gasteiger partial charge in [0.05, 0.1) is 0 Å². The van der Waals surface area contributed by atoms with Gasteiger partial charge in [-0.25, -0.2) is 0 Å². The van der Waals surface area contributed by atoms with Crippen molar-refractivity contribution in [2.45, 2.75) is 41.0 Å². The lowest BCUT2D eigenvalue weighted by Crippen LogP contribution is -2.28. The van der Waals surface area contributed by atoms with Gasteiger partial charge in [0.15, 0.2) is 0 Å². The van der Waals surface area contributed by atoms with Crippen LogP contribution >= 0.6 is 0 Å². The minimum Gasteiger partial charge on any atom is -0.378 e. The summed E-state index contributed by atoms with van der Waals surface area (Å²) in [6, 6.07) is 0. The van der Waals surface area contributed by atoms with Crippen LogP contribution in [0.25, 0.3) is 0 Å². The van der Waals surface area contributed by atoms with Crippen molar-refractivity contribution in [1.82, 2.24) is 4.90 Å². The van der Waals surface area contributed by atoms with Gasteiger partial charge in [0.1, 0.15) is 0 Å². The van der Waals surface area contributed by atoms with Crippen molar-refractivity contribution in [2.24, 2.45) is 5.41 Å². The molecule has 1 heteroatoms. The summed E-state index contributed by atoms with van der Waals surface area (Å²) in [5, 5.41) is 0. The van der Waals surface area contributed by atoms with Crippen LogP contribution in [0.3, 0.4) is 0 Å². The van der Waals surface area contributed by atoms with Gasteiger partial charge in [-0.3, -0.25) is 0 Å². The van der Waals surface area contributed by atoms with Gasteiger partial charge in [-0.1, -0.05) is 26.8 Å². The van der Waals surface area contributed by atoms with Crippen molar-refractivity contribution < 1.29 is 0 Å². The fourth-order valence-electron chi connectivity index (χ4n) is 1.48. The molecule has 0 aliphatic heterocycles.